The van der Waals surface area contributed by atoms with Gasteiger partial charge in [-0.2, -0.15) is 0 Å². The van der Waals surface area contributed by atoms with Crippen LogP contribution in [0.1, 0.15) is 19.5 Å². The van der Waals surface area contributed by atoms with Crippen LogP contribution in [0.25, 0.3) is 11.0 Å². The van der Waals surface area contributed by atoms with E-state index in [4.69, 9.17) is 10.1 Å². The number of nitrogens with one attached hydrogen (secondary N) is 2. The molecule has 0 radical (unpaired) electrons. The molecule has 7 nitrogen and oxygen atoms in total. The zero-order valence-electron chi connectivity index (χ0n) is 13.6. The lowest BCUT2D eigenvalue weighted by Gasteiger charge is -2.14. The second kappa shape index (κ2) is 6.11. The minimum Gasteiger partial charge on any atom is -0.494 e. The van der Waals surface area contributed by atoms with Gasteiger partial charge >= 0.3 is 0 Å². The van der Waals surface area contributed by atoms with Crippen LogP contribution < -0.4 is 10.1 Å². The third-order valence-corrected chi connectivity index (χ3v) is 3.56. The molecular weight excluding hydrogens is 306 g/mol. The summed E-state index contributed by atoms with van der Waals surface area (Å²) in [6.07, 6.45) is 3.44. The van der Waals surface area contributed by atoms with Crippen LogP contribution in [-0.2, 0) is 0 Å². The first-order valence-electron chi connectivity index (χ1n) is 7.32. The van der Waals surface area contributed by atoms with Gasteiger partial charge in [-0.1, -0.05) is 0 Å². The molecule has 0 aliphatic carbocycles. The number of nitrogens with zero attached hydrogens (tertiary/aromatic N) is 3. The minimum atomic E-state index is -0.0864. The fraction of sp³-hybridized carbons (Fsp3) is 0.176. The number of methoxy groups -OCH3 is 1. The van der Waals surface area contributed by atoms with Crippen LogP contribution >= 0.6 is 0 Å². The van der Waals surface area contributed by atoms with Crippen molar-refractivity contribution in [2.24, 2.45) is 4.99 Å². The molecular formula is C17H17N5O2. The Kier molecular flexibility index (Phi) is 3.99. The summed E-state index contributed by atoms with van der Waals surface area (Å²) in [5, 5.41) is 21.0. The number of hydrogen-bond acceptors (Lipinski definition) is 7. The Morgan fingerprint density at radius 1 is 1.25 bits per heavy atom. The van der Waals surface area contributed by atoms with Crippen LogP contribution in [0.15, 0.2) is 46.9 Å². The second-order valence-corrected chi connectivity index (χ2v) is 5.35. The smallest absolute Gasteiger partial charge is 0.211 e. The summed E-state index contributed by atoms with van der Waals surface area (Å²) < 4.78 is 5.33. The fourth-order valence-corrected chi connectivity index (χ4v) is 2.38. The Hall–Kier alpha value is -3.22. The number of aliphatic imine (C=N–C) groups is 1. The summed E-state index contributed by atoms with van der Waals surface area (Å²) in [5.41, 5.74) is 4.07. The van der Waals surface area contributed by atoms with Gasteiger partial charge in [-0.15, -0.1) is 0 Å². The normalized spacial score (nSPS) is 15.7. The van der Waals surface area contributed by atoms with Crippen molar-refractivity contribution in [1.29, 1.82) is 5.41 Å². The van der Waals surface area contributed by atoms with Crippen LogP contribution in [0.2, 0.25) is 0 Å². The number of aromatic hydroxyl groups is 1. The zero-order chi connectivity index (χ0) is 17.3. The fourth-order valence-electron chi connectivity index (χ4n) is 2.38. The second-order valence-electron chi connectivity index (χ2n) is 5.35. The minimum absolute atomic E-state index is 0.0864. The molecule has 0 fully saturated rings. The molecule has 1 aliphatic rings. The molecule has 0 saturated heterocycles. The van der Waals surface area contributed by atoms with E-state index < -0.39 is 0 Å². The summed E-state index contributed by atoms with van der Waals surface area (Å²) in [4.78, 5) is 12.8. The van der Waals surface area contributed by atoms with E-state index in [-0.39, 0.29) is 11.6 Å². The molecule has 0 aromatic carbocycles. The van der Waals surface area contributed by atoms with Crippen molar-refractivity contribution in [2.75, 3.05) is 7.11 Å². The largest absolute Gasteiger partial charge is 0.494 e. The van der Waals surface area contributed by atoms with Gasteiger partial charge in [-0.3, -0.25) is 10.4 Å². The maximum atomic E-state index is 9.48. The molecule has 2 aromatic heterocycles. The van der Waals surface area contributed by atoms with Gasteiger partial charge < -0.3 is 15.2 Å². The van der Waals surface area contributed by atoms with Crippen molar-refractivity contribution in [3.05, 3.63) is 47.6 Å². The third kappa shape index (κ3) is 2.96. The van der Waals surface area contributed by atoms with E-state index in [1.54, 1.807) is 24.4 Å². The summed E-state index contributed by atoms with van der Waals surface area (Å²) in [5.74, 6) is 0.330. The van der Waals surface area contributed by atoms with Crippen molar-refractivity contribution < 1.29 is 9.84 Å². The molecule has 0 amide bonds. The average Bonchev–Trinajstić information content (AvgIpc) is 2.56. The van der Waals surface area contributed by atoms with Crippen LogP contribution in [0, 0.1) is 5.41 Å². The van der Waals surface area contributed by atoms with E-state index in [9.17, 15) is 5.11 Å². The molecule has 122 valence electrons. The molecule has 24 heavy (non-hydrogen) atoms. The first-order valence-corrected chi connectivity index (χ1v) is 7.32. The highest BCUT2D eigenvalue weighted by atomic mass is 16.5. The van der Waals surface area contributed by atoms with Crippen molar-refractivity contribution in [2.45, 2.75) is 13.8 Å². The molecule has 1 aliphatic heterocycles. The Labute approximate surface area is 138 Å². The predicted molar refractivity (Wildman–Crippen MR) is 92.7 cm³/mol. The van der Waals surface area contributed by atoms with E-state index in [1.807, 2.05) is 13.8 Å². The van der Waals surface area contributed by atoms with Crippen LogP contribution in [0.4, 0.5) is 0 Å². The van der Waals surface area contributed by atoms with Gasteiger partial charge in [0.05, 0.1) is 41.0 Å². The van der Waals surface area contributed by atoms with Crippen LogP contribution in [0.5, 0.6) is 11.6 Å². The molecule has 0 atom stereocenters. The first-order chi connectivity index (χ1) is 11.5. The maximum Gasteiger partial charge on any atom is 0.211 e. The number of pyridine rings is 2. The lowest BCUT2D eigenvalue weighted by Crippen LogP contribution is -2.19. The molecule has 0 bridgehead atoms. The SMILES string of the molecule is COc1cc2nc(O)ccc2nc1C(=N)/C=C1\NC=C(C)N=C1C. The Morgan fingerprint density at radius 2 is 2.04 bits per heavy atom. The van der Waals surface area contributed by atoms with E-state index in [0.717, 1.165) is 17.1 Å². The van der Waals surface area contributed by atoms with Gasteiger partial charge in [0.1, 0.15) is 11.4 Å². The number of ether oxygens (including phenoxy) is 1. The number of rotatable bonds is 3. The number of hydrogen-bond donors (Lipinski definition) is 3. The van der Waals surface area contributed by atoms with E-state index in [2.05, 4.69) is 20.3 Å². The Balaban J connectivity index is 2.04. The predicted octanol–water partition coefficient (Wildman–Crippen LogP) is 2.52. The van der Waals surface area contributed by atoms with Gasteiger partial charge in [-0.25, -0.2) is 9.97 Å². The van der Waals surface area contributed by atoms with Crippen molar-refractivity contribution in [1.82, 2.24) is 15.3 Å². The van der Waals surface area contributed by atoms with E-state index in [1.165, 1.54) is 13.2 Å². The number of aromatic nitrogens is 2. The monoisotopic (exact) mass is 323 g/mol. The van der Waals surface area contributed by atoms with Gasteiger partial charge in [0.15, 0.2) is 0 Å². The van der Waals surface area contributed by atoms with Crippen molar-refractivity contribution >= 4 is 22.5 Å². The molecule has 7 heteroatoms. The third-order valence-electron chi connectivity index (χ3n) is 3.56. The topological polar surface area (TPSA) is 103 Å². The van der Waals surface area contributed by atoms with Crippen molar-refractivity contribution in [3.63, 3.8) is 0 Å². The first kappa shape index (κ1) is 15.7. The summed E-state index contributed by atoms with van der Waals surface area (Å²) in [6, 6.07) is 4.77. The zero-order valence-corrected chi connectivity index (χ0v) is 13.6. The van der Waals surface area contributed by atoms with Gasteiger partial charge in [-0.05, 0) is 26.0 Å². The highest BCUT2D eigenvalue weighted by Crippen LogP contribution is 2.24. The Morgan fingerprint density at radius 3 is 2.75 bits per heavy atom. The van der Waals surface area contributed by atoms with Gasteiger partial charge in [0.25, 0.3) is 0 Å². The lowest BCUT2D eigenvalue weighted by atomic mass is 10.1. The van der Waals surface area contributed by atoms with Crippen molar-refractivity contribution in [3.8, 4) is 11.6 Å². The summed E-state index contributed by atoms with van der Waals surface area (Å²) in [6.45, 7) is 3.77. The average molecular weight is 323 g/mol. The maximum absolute atomic E-state index is 9.48. The van der Waals surface area contributed by atoms with Gasteiger partial charge in [0.2, 0.25) is 5.88 Å². The molecule has 3 heterocycles. The quantitative estimate of drug-likeness (QED) is 0.753. The van der Waals surface area contributed by atoms with Crippen LogP contribution in [0.3, 0.4) is 0 Å². The molecule has 0 spiro atoms. The summed E-state index contributed by atoms with van der Waals surface area (Å²) in [7, 11) is 1.51. The summed E-state index contributed by atoms with van der Waals surface area (Å²) >= 11 is 0. The molecule has 0 saturated carbocycles. The lowest BCUT2D eigenvalue weighted by molar-refractivity contribution is 0.412. The standard InChI is InChI=1S/C17H17N5O2/c1-9-8-19-13(10(2)20-9)6-11(18)17-15(24-3)7-14-12(22-17)4-5-16(23)21-14/h4-8,18-19H,1-3H3,(H,21,23)/b13-6-,18-11?. The van der Waals surface area contributed by atoms with E-state index >= 15 is 0 Å². The molecule has 0 unspecified atom stereocenters. The number of allylic oxidation sites excluding steroid dienone is 3. The highest BCUT2D eigenvalue weighted by Gasteiger charge is 2.14. The van der Waals surface area contributed by atoms with Crippen LogP contribution in [-0.4, -0.2) is 33.6 Å². The van der Waals surface area contributed by atoms with Gasteiger partial charge in [0, 0.05) is 18.3 Å². The Bertz CT molecular complexity index is 928. The molecule has 3 rings (SSSR count). The molecule has 2 aromatic rings. The highest BCUT2D eigenvalue weighted by molar-refractivity contribution is 6.13. The molecule has 3 N–H and O–H groups in total. The van der Waals surface area contributed by atoms with E-state index in [0.29, 0.717) is 22.5 Å². The number of fused-ring (bicyclic) bond motifs is 1.